The third-order valence-electron chi connectivity index (χ3n) is 4.14. The minimum Gasteiger partial charge on any atom is -0.383 e. The first-order valence-corrected chi connectivity index (χ1v) is 12.4. The van der Waals surface area contributed by atoms with Gasteiger partial charge in [0.25, 0.3) is 0 Å². The third kappa shape index (κ3) is 4.14. The molecule has 1 aromatic carbocycles. The smallest absolute Gasteiger partial charge is 0.216 e. The summed E-state index contributed by atoms with van der Waals surface area (Å²) in [5, 5.41) is 20.5. The molecule has 0 aliphatic rings. The molecule has 0 amide bonds. The van der Waals surface area contributed by atoms with Gasteiger partial charge in [0.1, 0.15) is 29.9 Å². The lowest BCUT2D eigenvalue weighted by molar-refractivity contribution is 0.00836. The Morgan fingerprint density at radius 2 is 2.04 bits per heavy atom. The Balaban J connectivity index is 2.46. The van der Waals surface area contributed by atoms with E-state index in [1.807, 2.05) is 0 Å². The van der Waals surface area contributed by atoms with E-state index in [2.05, 4.69) is 10.1 Å². The number of hydrogen-bond acceptors (Lipinski definition) is 6. The van der Waals surface area contributed by atoms with Crippen LogP contribution < -0.4 is 5.14 Å². The Hall–Kier alpha value is -1.76. The maximum absolute atomic E-state index is 14.3. The summed E-state index contributed by atoms with van der Waals surface area (Å²) in [5.74, 6) is -2.51. The molecule has 0 saturated heterocycles. The van der Waals surface area contributed by atoms with Crippen LogP contribution in [0.4, 0.5) is 8.78 Å². The van der Waals surface area contributed by atoms with Crippen LogP contribution in [-0.2, 0) is 29.3 Å². The Kier molecular flexibility index (Phi) is 5.09. The van der Waals surface area contributed by atoms with Gasteiger partial charge < -0.3 is 5.11 Å². The normalized spacial score (nSPS) is 16.6. The summed E-state index contributed by atoms with van der Waals surface area (Å²) in [7, 11) is -8.82. The van der Waals surface area contributed by atoms with Crippen LogP contribution in [0.1, 0.15) is 12.0 Å². The molecule has 1 atom stereocenters. The van der Waals surface area contributed by atoms with Crippen molar-refractivity contribution >= 4 is 17.2 Å². The monoisotopic (exact) mass is 410 g/mol. The van der Waals surface area contributed by atoms with Crippen molar-refractivity contribution in [2.24, 2.45) is 5.14 Å². The van der Waals surface area contributed by atoms with E-state index >= 15 is 0 Å². The van der Waals surface area contributed by atoms with Crippen LogP contribution in [0, 0.1) is 11.6 Å². The fourth-order valence-electron chi connectivity index (χ4n) is 2.31. The molecule has 0 saturated carbocycles. The molecule has 1 aromatic heterocycles. The number of aromatic nitrogens is 3. The zero-order chi connectivity index (χ0) is 19.8. The SMILES string of the molecule is CS(=O)(=O)S(C)(N)(=O)CC[C@](O)(Cn1cncn1)c1ccc(F)cc1F. The molecule has 12 heteroatoms. The third-order valence-corrected chi connectivity index (χ3v) is 12.3. The van der Waals surface area contributed by atoms with E-state index in [1.54, 1.807) is 0 Å². The van der Waals surface area contributed by atoms with E-state index < -0.39 is 46.6 Å². The highest BCUT2D eigenvalue weighted by Gasteiger charge is 2.42. The van der Waals surface area contributed by atoms with Gasteiger partial charge in [-0.2, -0.15) is 5.10 Å². The summed E-state index contributed by atoms with van der Waals surface area (Å²) in [5.41, 5.74) is -2.35. The molecule has 2 rings (SSSR count). The van der Waals surface area contributed by atoms with Crippen LogP contribution in [0.2, 0.25) is 0 Å². The predicted octanol–water partition coefficient (Wildman–Crippen LogP) is 0.117. The molecule has 0 fully saturated rings. The number of halogens is 2. The van der Waals surface area contributed by atoms with Crippen LogP contribution in [0.3, 0.4) is 0 Å². The second-order valence-electron chi connectivity index (χ2n) is 6.43. The minimum absolute atomic E-state index is 0.300. The topological polar surface area (TPSA) is 128 Å². The number of hydrogen-bond donors (Lipinski definition) is 2. The lowest BCUT2D eigenvalue weighted by atomic mass is 9.90. The summed E-state index contributed by atoms with van der Waals surface area (Å²) in [6.07, 6.45) is 3.60. The second kappa shape index (κ2) is 6.44. The molecule has 0 radical (unpaired) electrons. The molecule has 0 aliphatic carbocycles. The largest absolute Gasteiger partial charge is 0.383 e. The van der Waals surface area contributed by atoms with Gasteiger partial charge in [0.2, 0.25) is 8.87 Å². The van der Waals surface area contributed by atoms with Gasteiger partial charge in [0.15, 0.2) is 0 Å². The van der Waals surface area contributed by atoms with Gasteiger partial charge in [0, 0.05) is 31.9 Å². The molecule has 2 aromatic rings. The van der Waals surface area contributed by atoms with E-state index in [1.165, 1.54) is 17.3 Å². The number of rotatable bonds is 7. The number of nitrogens with zero attached hydrogens (tertiary/aromatic N) is 3. The lowest BCUT2D eigenvalue weighted by Gasteiger charge is -2.36. The molecule has 146 valence electrons. The standard InChI is InChI=1S/C14H20F2N4O4S2/c1-25(22,23)26(2,17,24)6-5-14(21,8-20-10-18-9-19-20)12-4-3-11(15)7-13(12)16/h3-4,7,9-10,21H,5-6,8H2,1-2H3,(H2,17,24)/t14-/m0/s1. The van der Waals surface area contributed by atoms with E-state index in [9.17, 15) is 26.5 Å². The molecular formula is C14H20F2N4O4S2. The highest BCUT2D eigenvalue weighted by Crippen LogP contribution is 2.33. The van der Waals surface area contributed by atoms with Crippen LogP contribution in [0.25, 0.3) is 0 Å². The van der Waals surface area contributed by atoms with Crippen molar-refractivity contribution in [2.45, 2.75) is 18.6 Å². The van der Waals surface area contributed by atoms with Crippen molar-refractivity contribution in [3.63, 3.8) is 0 Å². The Morgan fingerprint density at radius 1 is 1.38 bits per heavy atom. The first kappa shape index (κ1) is 20.6. The maximum Gasteiger partial charge on any atom is 0.216 e. The zero-order valence-corrected chi connectivity index (χ0v) is 15.8. The van der Waals surface area contributed by atoms with Crippen molar-refractivity contribution in [3.05, 3.63) is 48.1 Å². The molecular weight excluding hydrogens is 390 g/mol. The van der Waals surface area contributed by atoms with Gasteiger partial charge in [0.05, 0.1) is 12.8 Å². The summed E-state index contributed by atoms with van der Waals surface area (Å²) < 4.78 is 65.0. The fourth-order valence-corrected chi connectivity index (χ4v) is 4.60. The molecule has 1 heterocycles. The van der Waals surface area contributed by atoms with Crippen molar-refractivity contribution in [1.82, 2.24) is 14.8 Å². The molecule has 3 N–H and O–H groups in total. The Bertz CT molecular complexity index is 973. The predicted molar refractivity (Wildman–Crippen MR) is 92.9 cm³/mol. The number of nitrogens with two attached hydrogens (primary N) is 1. The van der Waals surface area contributed by atoms with Crippen molar-refractivity contribution in [1.29, 1.82) is 0 Å². The van der Waals surface area contributed by atoms with E-state index in [4.69, 9.17) is 5.14 Å². The molecule has 0 unspecified atom stereocenters. The molecule has 26 heavy (non-hydrogen) atoms. The van der Waals surface area contributed by atoms with Gasteiger partial charge in [-0.05, 0) is 12.5 Å². The second-order valence-corrected chi connectivity index (χ2v) is 15.8. The van der Waals surface area contributed by atoms with Crippen molar-refractivity contribution in [3.8, 4) is 0 Å². The fraction of sp³-hybridized carbons (Fsp3) is 0.429. The number of benzene rings is 1. The van der Waals surface area contributed by atoms with Crippen LogP contribution in [0.5, 0.6) is 0 Å². The van der Waals surface area contributed by atoms with Gasteiger partial charge in [-0.1, -0.05) is 6.07 Å². The first-order valence-electron chi connectivity index (χ1n) is 7.35. The van der Waals surface area contributed by atoms with Crippen LogP contribution in [0.15, 0.2) is 30.9 Å². The van der Waals surface area contributed by atoms with E-state index in [-0.39, 0.29) is 12.1 Å². The van der Waals surface area contributed by atoms with Gasteiger partial charge in [-0.25, -0.2) is 26.9 Å². The quantitative estimate of drug-likeness (QED) is 0.624. The van der Waals surface area contributed by atoms with Crippen molar-refractivity contribution < 1.29 is 26.5 Å². The molecule has 0 aliphatic heterocycles. The highest BCUT2D eigenvalue weighted by molar-refractivity contribution is 8.80. The minimum atomic E-state index is -4.66. The van der Waals surface area contributed by atoms with Crippen LogP contribution in [-0.4, -0.2) is 50.8 Å². The Morgan fingerprint density at radius 3 is 2.54 bits per heavy atom. The average molecular weight is 410 g/mol. The summed E-state index contributed by atoms with van der Waals surface area (Å²) in [6.45, 7) is -0.331. The summed E-state index contributed by atoms with van der Waals surface area (Å²) in [4.78, 5) is 3.71. The first-order chi connectivity index (χ1) is 11.7. The molecule has 0 spiro atoms. The maximum atomic E-state index is 14.3. The van der Waals surface area contributed by atoms with E-state index in [0.29, 0.717) is 6.07 Å². The van der Waals surface area contributed by atoms with Crippen molar-refractivity contribution in [2.75, 3.05) is 18.3 Å². The van der Waals surface area contributed by atoms with Crippen LogP contribution >= 0.6 is 0 Å². The van der Waals surface area contributed by atoms with E-state index in [0.717, 1.165) is 24.6 Å². The molecule has 0 bridgehead atoms. The van der Waals surface area contributed by atoms with Gasteiger partial charge >= 0.3 is 0 Å². The Labute approximate surface area is 148 Å². The van der Waals surface area contributed by atoms with Gasteiger partial charge in [-0.15, -0.1) is 0 Å². The molecule has 8 nitrogen and oxygen atoms in total. The highest BCUT2D eigenvalue weighted by atomic mass is 33.2. The van der Waals surface area contributed by atoms with Gasteiger partial charge in [-0.3, -0.25) is 9.35 Å². The summed E-state index contributed by atoms with van der Waals surface area (Å²) >= 11 is 0. The number of aliphatic hydroxyl groups is 1. The average Bonchev–Trinajstić information content (AvgIpc) is 2.96. The summed E-state index contributed by atoms with van der Waals surface area (Å²) in [6, 6.07) is 2.57. The zero-order valence-electron chi connectivity index (χ0n) is 14.2. The lowest BCUT2D eigenvalue weighted by Crippen LogP contribution is -2.52.